The number of ether oxygens (including phenoxy) is 3. The summed E-state index contributed by atoms with van der Waals surface area (Å²) in [5.74, 6) is 1.76. The van der Waals surface area contributed by atoms with Gasteiger partial charge < -0.3 is 19.5 Å². The van der Waals surface area contributed by atoms with Crippen LogP contribution in [-0.4, -0.2) is 25.7 Å². The van der Waals surface area contributed by atoms with Crippen LogP contribution < -0.4 is 19.5 Å². The second-order valence-electron chi connectivity index (χ2n) is 5.58. The van der Waals surface area contributed by atoms with E-state index in [1.165, 1.54) is 0 Å². The molecular weight excluding hydrogens is 374 g/mol. The van der Waals surface area contributed by atoms with Gasteiger partial charge in [-0.05, 0) is 47.0 Å². The Kier molecular flexibility index (Phi) is 4.94. The highest BCUT2D eigenvalue weighted by Crippen LogP contribution is 2.38. The molecule has 126 valence electrons. The van der Waals surface area contributed by atoms with Crippen LogP contribution in [0.15, 0.2) is 34.8 Å². The van der Waals surface area contributed by atoms with Crippen LogP contribution in [0.2, 0.25) is 0 Å². The molecule has 2 aromatic rings. The number of amides is 1. The van der Waals surface area contributed by atoms with Gasteiger partial charge in [-0.25, -0.2) is 0 Å². The van der Waals surface area contributed by atoms with Crippen molar-refractivity contribution in [2.24, 2.45) is 0 Å². The van der Waals surface area contributed by atoms with Crippen molar-refractivity contribution in [1.29, 1.82) is 0 Å². The van der Waals surface area contributed by atoms with E-state index < -0.39 is 0 Å². The maximum Gasteiger partial charge on any atom is 0.262 e. The summed E-state index contributed by atoms with van der Waals surface area (Å²) in [5, 5.41) is 2.82. The maximum absolute atomic E-state index is 12.2. The third-order valence-electron chi connectivity index (χ3n) is 3.61. The number of carbonyl (C=O) groups is 1. The number of hydrogen-bond acceptors (Lipinski definition) is 4. The van der Waals surface area contributed by atoms with E-state index in [2.05, 4.69) is 21.2 Å². The summed E-state index contributed by atoms with van der Waals surface area (Å²) in [6.07, 6.45) is 0. The molecule has 0 saturated heterocycles. The van der Waals surface area contributed by atoms with Crippen LogP contribution in [0.4, 0.5) is 5.69 Å². The van der Waals surface area contributed by atoms with E-state index in [0.717, 1.165) is 15.6 Å². The lowest BCUT2D eigenvalue weighted by molar-refractivity contribution is -0.118. The van der Waals surface area contributed by atoms with Crippen molar-refractivity contribution >= 4 is 27.5 Å². The first kappa shape index (κ1) is 16.6. The lowest BCUT2D eigenvalue weighted by atomic mass is 10.1. The first-order chi connectivity index (χ1) is 11.5. The van der Waals surface area contributed by atoms with Gasteiger partial charge in [-0.2, -0.15) is 0 Å². The number of nitrogens with one attached hydrogen (secondary N) is 1. The fraction of sp³-hybridized carbons (Fsp3) is 0.278. The molecule has 1 aliphatic heterocycles. The third kappa shape index (κ3) is 3.82. The van der Waals surface area contributed by atoms with Crippen LogP contribution in [0.5, 0.6) is 17.2 Å². The normalized spacial score (nSPS) is 12.6. The van der Waals surface area contributed by atoms with E-state index in [9.17, 15) is 4.79 Å². The predicted molar refractivity (Wildman–Crippen MR) is 95.2 cm³/mol. The molecule has 1 heterocycles. The van der Waals surface area contributed by atoms with Gasteiger partial charge in [0.25, 0.3) is 5.91 Å². The maximum atomic E-state index is 12.2. The van der Waals surface area contributed by atoms with Crippen LogP contribution in [0.1, 0.15) is 11.1 Å². The average molecular weight is 392 g/mol. The van der Waals surface area contributed by atoms with Crippen molar-refractivity contribution < 1.29 is 19.0 Å². The molecule has 0 aliphatic carbocycles. The van der Waals surface area contributed by atoms with Gasteiger partial charge in [0, 0.05) is 16.6 Å². The fourth-order valence-corrected chi connectivity index (χ4v) is 2.77. The standard InChI is InChI=1S/C18H18BrNO4/c1-11-3-4-12(2)15(7-11)24-10-18(21)20-14-9-17-16(8-13(14)19)22-5-6-23-17/h3-4,7-9H,5-6,10H2,1-2H3,(H,20,21). The quantitative estimate of drug-likeness (QED) is 0.859. The van der Waals surface area contributed by atoms with Crippen molar-refractivity contribution in [1.82, 2.24) is 0 Å². The van der Waals surface area contributed by atoms with Crippen molar-refractivity contribution in [3.8, 4) is 17.2 Å². The summed E-state index contributed by atoms with van der Waals surface area (Å²) in [7, 11) is 0. The Morgan fingerprint density at radius 3 is 2.62 bits per heavy atom. The molecule has 0 fully saturated rings. The lowest BCUT2D eigenvalue weighted by Gasteiger charge is -2.20. The minimum atomic E-state index is -0.242. The number of anilines is 1. The number of aryl methyl sites for hydroxylation is 2. The van der Waals surface area contributed by atoms with Crippen LogP contribution in [-0.2, 0) is 4.79 Å². The van der Waals surface area contributed by atoms with Gasteiger partial charge in [0.05, 0.1) is 5.69 Å². The Hall–Kier alpha value is -2.21. The number of rotatable bonds is 4. The summed E-state index contributed by atoms with van der Waals surface area (Å²) in [6, 6.07) is 9.43. The molecule has 0 radical (unpaired) electrons. The SMILES string of the molecule is Cc1ccc(C)c(OCC(=O)Nc2cc3c(cc2Br)OCCO3)c1. The molecular formula is C18H18BrNO4. The number of halogens is 1. The molecule has 3 rings (SSSR count). The number of hydrogen-bond donors (Lipinski definition) is 1. The topological polar surface area (TPSA) is 56.8 Å². The summed E-state index contributed by atoms with van der Waals surface area (Å²) in [5.41, 5.74) is 2.70. The minimum absolute atomic E-state index is 0.0643. The zero-order valence-corrected chi connectivity index (χ0v) is 15.1. The van der Waals surface area contributed by atoms with E-state index >= 15 is 0 Å². The Bertz CT molecular complexity index is 776. The molecule has 0 spiro atoms. The highest BCUT2D eigenvalue weighted by molar-refractivity contribution is 9.10. The molecule has 0 aromatic heterocycles. The molecule has 24 heavy (non-hydrogen) atoms. The Labute approximate surface area is 149 Å². The smallest absolute Gasteiger partial charge is 0.262 e. The second kappa shape index (κ2) is 7.13. The molecule has 1 aliphatic rings. The van der Waals surface area contributed by atoms with Crippen molar-refractivity contribution in [3.63, 3.8) is 0 Å². The van der Waals surface area contributed by atoms with E-state index in [1.54, 1.807) is 12.1 Å². The third-order valence-corrected chi connectivity index (χ3v) is 4.26. The first-order valence-electron chi connectivity index (χ1n) is 7.62. The zero-order chi connectivity index (χ0) is 17.1. The molecule has 0 atom stereocenters. The summed E-state index contributed by atoms with van der Waals surface area (Å²) < 4.78 is 17.4. The first-order valence-corrected chi connectivity index (χ1v) is 8.41. The summed E-state index contributed by atoms with van der Waals surface area (Å²) in [4.78, 5) is 12.2. The molecule has 0 unspecified atom stereocenters. The number of benzene rings is 2. The number of fused-ring (bicyclic) bond motifs is 1. The van der Waals surface area contributed by atoms with Gasteiger partial charge in [0.15, 0.2) is 18.1 Å². The second-order valence-corrected chi connectivity index (χ2v) is 6.44. The molecule has 0 bridgehead atoms. The number of carbonyl (C=O) groups excluding carboxylic acids is 1. The summed E-state index contributed by atoms with van der Waals surface area (Å²) in [6.45, 7) is 4.89. The van der Waals surface area contributed by atoms with Crippen LogP contribution in [0.25, 0.3) is 0 Å². The van der Waals surface area contributed by atoms with Crippen molar-refractivity contribution in [3.05, 3.63) is 45.9 Å². The molecule has 0 saturated carbocycles. The Morgan fingerprint density at radius 2 is 1.88 bits per heavy atom. The van der Waals surface area contributed by atoms with Gasteiger partial charge in [-0.1, -0.05) is 12.1 Å². The van der Waals surface area contributed by atoms with E-state index in [-0.39, 0.29) is 12.5 Å². The van der Waals surface area contributed by atoms with Crippen LogP contribution >= 0.6 is 15.9 Å². The zero-order valence-electron chi connectivity index (χ0n) is 13.5. The molecule has 1 N–H and O–H groups in total. The van der Waals surface area contributed by atoms with Crippen LogP contribution in [0.3, 0.4) is 0 Å². The van der Waals surface area contributed by atoms with Crippen LogP contribution in [0, 0.1) is 13.8 Å². The fourth-order valence-electron chi connectivity index (χ4n) is 2.35. The van der Waals surface area contributed by atoms with Gasteiger partial charge in [0.2, 0.25) is 0 Å². The Morgan fingerprint density at radius 1 is 1.17 bits per heavy atom. The lowest BCUT2D eigenvalue weighted by Crippen LogP contribution is -2.21. The molecule has 5 nitrogen and oxygen atoms in total. The van der Waals surface area contributed by atoms with Crippen molar-refractivity contribution in [2.45, 2.75) is 13.8 Å². The Balaban J connectivity index is 1.65. The van der Waals surface area contributed by atoms with E-state index in [1.807, 2.05) is 32.0 Å². The highest BCUT2D eigenvalue weighted by Gasteiger charge is 2.16. The van der Waals surface area contributed by atoms with Gasteiger partial charge in [0.1, 0.15) is 19.0 Å². The minimum Gasteiger partial charge on any atom is -0.486 e. The largest absolute Gasteiger partial charge is 0.486 e. The van der Waals surface area contributed by atoms with E-state index in [0.29, 0.717) is 36.1 Å². The average Bonchev–Trinajstić information content (AvgIpc) is 2.56. The predicted octanol–water partition coefficient (Wildman–Crippen LogP) is 3.85. The monoisotopic (exact) mass is 391 g/mol. The van der Waals surface area contributed by atoms with Gasteiger partial charge in [-0.3, -0.25) is 4.79 Å². The van der Waals surface area contributed by atoms with Crippen molar-refractivity contribution in [2.75, 3.05) is 25.1 Å². The van der Waals surface area contributed by atoms with E-state index in [4.69, 9.17) is 14.2 Å². The summed E-state index contributed by atoms with van der Waals surface area (Å²) >= 11 is 3.43. The molecule has 6 heteroatoms. The molecule has 1 amide bonds. The van der Waals surface area contributed by atoms with Gasteiger partial charge in [-0.15, -0.1) is 0 Å². The highest BCUT2D eigenvalue weighted by atomic mass is 79.9. The van der Waals surface area contributed by atoms with Gasteiger partial charge >= 0.3 is 0 Å². The molecule has 2 aromatic carbocycles.